The van der Waals surface area contributed by atoms with Crippen LogP contribution in [0.1, 0.15) is 33.7 Å². The van der Waals surface area contributed by atoms with Crippen molar-refractivity contribution in [3.63, 3.8) is 0 Å². The fourth-order valence-electron chi connectivity index (χ4n) is 5.56. The standard InChI is InChI=1S/C29H22ClFN2O5/c1-37-14-4-13-33-27(35)26-24(25(34)20-15-18(30)9-12-23(20)38-26)29(33)21-5-2-3-6-22(21)32(28(29)36)16-17-7-10-19(31)11-8-17/h2-3,5-12,15H,4,13-14,16H2,1H3/t29-/m0/s1. The van der Waals surface area contributed by atoms with Gasteiger partial charge in [-0.15, -0.1) is 0 Å². The smallest absolute Gasteiger partial charge is 0.291 e. The minimum atomic E-state index is -1.73. The summed E-state index contributed by atoms with van der Waals surface area (Å²) in [5.74, 6) is -1.55. The van der Waals surface area contributed by atoms with Gasteiger partial charge < -0.3 is 19.0 Å². The Morgan fingerprint density at radius 3 is 2.55 bits per heavy atom. The fraction of sp³-hybridized carbons (Fsp3) is 0.207. The minimum Gasteiger partial charge on any atom is -0.450 e. The third kappa shape index (κ3) is 3.40. The predicted octanol–water partition coefficient (Wildman–Crippen LogP) is 4.87. The van der Waals surface area contributed by atoms with Gasteiger partial charge in [0.15, 0.2) is 11.0 Å². The first kappa shape index (κ1) is 24.3. The molecule has 6 rings (SSSR count). The van der Waals surface area contributed by atoms with E-state index in [0.29, 0.717) is 34.9 Å². The lowest BCUT2D eigenvalue weighted by Gasteiger charge is -2.34. The maximum atomic E-state index is 14.6. The number of carbonyl (C=O) groups excluding carboxylic acids is 2. The average Bonchev–Trinajstić information content (AvgIpc) is 3.31. The largest absolute Gasteiger partial charge is 0.450 e. The number of methoxy groups -OCH3 is 1. The van der Waals surface area contributed by atoms with Crippen LogP contribution in [-0.4, -0.2) is 37.0 Å². The Kier molecular flexibility index (Phi) is 5.81. The Hall–Kier alpha value is -4.01. The molecule has 192 valence electrons. The molecule has 2 aliphatic heterocycles. The lowest BCUT2D eigenvalue weighted by atomic mass is 9.84. The van der Waals surface area contributed by atoms with E-state index in [9.17, 15) is 18.8 Å². The van der Waals surface area contributed by atoms with Crippen molar-refractivity contribution in [3.05, 3.63) is 110 Å². The number of hydrogen-bond donors (Lipinski definition) is 0. The van der Waals surface area contributed by atoms with E-state index in [4.69, 9.17) is 20.8 Å². The number of amides is 2. The number of para-hydroxylation sites is 1. The van der Waals surface area contributed by atoms with Gasteiger partial charge in [-0.1, -0.05) is 41.9 Å². The van der Waals surface area contributed by atoms with Crippen LogP contribution in [0.25, 0.3) is 11.0 Å². The Morgan fingerprint density at radius 1 is 1.03 bits per heavy atom. The van der Waals surface area contributed by atoms with Crippen LogP contribution >= 0.6 is 11.6 Å². The highest BCUT2D eigenvalue weighted by molar-refractivity contribution is 6.31. The van der Waals surface area contributed by atoms with Crippen LogP contribution in [0.3, 0.4) is 0 Å². The zero-order valence-corrected chi connectivity index (χ0v) is 21.1. The Balaban J connectivity index is 1.62. The van der Waals surface area contributed by atoms with Gasteiger partial charge in [0.05, 0.1) is 23.2 Å². The maximum Gasteiger partial charge on any atom is 0.291 e. The van der Waals surface area contributed by atoms with E-state index in [0.717, 1.165) is 0 Å². The van der Waals surface area contributed by atoms with Crippen LogP contribution in [0.15, 0.2) is 75.9 Å². The topological polar surface area (TPSA) is 80.1 Å². The molecular weight excluding hydrogens is 511 g/mol. The van der Waals surface area contributed by atoms with Crippen LogP contribution in [0, 0.1) is 5.82 Å². The number of carbonyl (C=O) groups is 2. The second kappa shape index (κ2) is 9.08. The summed E-state index contributed by atoms with van der Waals surface area (Å²) in [6.45, 7) is 0.625. The highest BCUT2D eigenvalue weighted by Gasteiger charge is 2.64. The van der Waals surface area contributed by atoms with Gasteiger partial charge in [-0.25, -0.2) is 4.39 Å². The molecule has 0 fully saturated rings. The fourth-order valence-corrected chi connectivity index (χ4v) is 5.73. The number of anilines is 1. The first-order chi connectivity index (χ1) is 18.4. The molecule has 2 aliphatic rings. The van der Waals surface area contributed by atoms with E-state index < -0.39 is 22.8 Å². The normalized spacial score (nSPS) is 18.1. The summed E-state index contributed by atoms with van der Waals surface area (Å²) in [6.07, 6.45) is 0.435. The van der Waals surface area contributed by atoms with Crippen molar-refractivity contribution in [3.8, 4) is 0 Å². The number of fused-ring (bicyclic) bond motifs is 5. The molecule has 1 spiro atoms. The van der Waals surface area contributed by atoms with Gasteiger partial charge in [0.1, 0.15) is 11.4 Å². The molecule has 1 aromatic heterocycles. The predicted molar refractivity (Wildman–Crippen MR) is 140 cm³/mol. The van der Waals surface area contributed by atoms with Crippen molar-refractivity contribution in [2.75, 3.05) is 25.2 Å². The van der Waals surface area contributed by atoms with Gasteiger partial charge in [-0.3, -0.25) is 14.4 Å². The molecule has 2 amide bonds. The zero-order chi connectivity index (χ0) is 26.6. The van der Waals surface area contributed by atoms with E-state index in [1.54, 1.807) is 49.6 Å². The van der Waals surface area contributed by atoms with Crippen molar-refractivity contribution in [1.82, 2.24) is 4.90 Å². The van der Waals surface area contributed by atoms with Gasteiger partial charge in [0, 0.05) is 30.8 Å². The monoisotopic (exact) mass is 532 g/mol. The van der Waals surface area contributed by atoms with Crippen LogP contribution in [-0.2, 0) is 21.6 Å². The summed E-state index contributed by atoms with van der Waals surface area (Å²) in [7, 11) is 1.55. The molecular formula is C29H22ClFN2O5. The van der Waals surface area contributed by atoms with Gasteiger partial charge in [-0.05, 0) is 48.4 Å². The van der Waals surface area contributed by atoms with Crippen molar-refractivity contribution in [2.45, 2.75) is 18.5 Å². The van der Waals surface area contributed by atoms with Crippen LogP contribution in [0.4, 0.5) is 10.1 Å². The SMILES string of the molecule is COCCCN1C(=O)c2oc3ccc(Cl)cc3c(=O)c2[C@@]12C(=O)N(Cc1ccc(F)cc1)c1ccccc12. The molecule has 0 N–H and O–H groups in total. The van der Waals surface area contributed by atoms with Gasteiger partial charge in [0.2, 0.25) is 5.76 Å². The van der Waals surface area contributed by atoms with E-state index in [1.165, 1.54) is 34.1 Å². The van der Waals surface area contributed by atoms with Crippen LogP contribution < -0.4 is 10.3 Å². The number of benzene rings is 3. The summed E-state index contributed by atoms with van der Waals surface area (Å²) in [5.41, 5.74) is -0.267. The second-order valence-corrected chi connectivity index (χ2v) is 9.76. The van der Waals surface area contributed by atoms with Crippen molar-refractivity contribution < 1.29 is 23.1 Å². The molecule has 0 aliphatic carbocycles. The molecule has 4 aromatic rings. The molecule has 3 heterocycles. The van der Waals surface area contributed by atoms with Crippen LogP contribution in [0.2, 0.25) is 5.02 Å². The molecule has 7 nitrogen and oxygen atoms in total. The summed E-state index contributed by atoms with van der Waals surface area (Å²) in [4.78, 5) is 45.5. The van der Waals surface area contributed by atoms with Gasteiger partial charge in [-0.2, -0.15) is 0 Å². The third-order valence-corrected chi connectivity index (χ3v) is 7.42. The molecule has 0 radical (unpaired) electrons. The van der Waals surface area contributed by atoms with E-state index >= 15 is 0 Å². The maximum absolute atomic E-state index is 14.6. The van der Waals surface area contributed by atoms with Crippen LogP contribution in [0.5, 0.6) is 0 Å². The van der Waals surface area contributed by atoms with Gasteiger partial charge >= 0.3 is 0 Å². The first-order valence-corrected chi connectivity index (χ1v) is 12.5. The molecule has 0 unspecified atom stereocenters. The lowest BCUT2D eigenvalue weighted by molar-refractivity contribution is -0.126. The van der Waals surface area contributed by atoms with Crippen molar-refractivity contribution in [2.24, 2.45) is 0 Å². The third-order valence-electron chi connectivity index (χ3n) is 7.18. The number of rotatable bonds is 6. The first-order valence-electron chi connectivity index (χ1n) is 12.1. The Morgan fingerprint density at radius 2 is 1.79 bits per heavy atom. The molecule has 0 saturated carbocycles. The molecule has 3 aromatic carbocycles. The highest BCUT2D eigenvalue weighted by atomic mass is 35.5. The summed E-state index contributed by atoms with van der Waals surface area (Å²) in [6, 6.07) is 17.5. The van der Waals surface area contributed by atoms with Crippen molar-refractivity contribution in [1.29, 1.82) is 0 Å². The van der Waals surface area contributed by atoms with Gasteiger partial charge in [0.25, 0.3) is 11.8 Å². The number of hydrogen-bond acceptors (Lipinski definition) is 5. The summed E-state index contributed by atoms with van der Waals surface area (Å²) >= 11 is 6.20. The molecule has 9 heteroatoms. The van der Waals surface area contributed by atoms with E-state index in [2.05, 4.69) is 0 Å². The minimum absolute atomic E-state index is 0.0197. The number of nitrogens with zero attached hydrogens (tertiary/aromatic N) is 2. The van der Waals surface area contributed by atoms with E-state index in [-0.39, 0.29) is 41.2 Å². The summed E-state index contributed by atoms with van der Waals surface area (Å²) < 4.78 is 24.8. The highest BCUT2D eigenvalue weighted by Crippen LogP contribution is 2.53. The summed E-state index contributed by atoms with van der Waals surface area (Å²) in [5, 5.41) is 0.514. The number of halogens is 2. The number of ether oxygens (including phenoxy) is 1. The molecule has 0 bridgehead atoms. The van der Waals surface area contributed by atoms with Crippen molar-refractivity contribution >= 4 is 40.1 Å². The zero-order valence-electron chi connectivity index (χ0n) is 20.4. The molecule has 38 heavy (non-hydrogen) atoms. The molecule has 0 saturated heterocycles. The average molecular weight is 533 g/mol. The lowest BCUT2D eigenvalue weighted by Crippen LogP contribution is -2.53. The van der Waals surface area contributed by atoms with E-state index in [1.807, 2.05) is 0 Å². The Labute approximate surface area is 222 Å². The quantitative estimate of drug-likeness (QED) is 0.331. The molecule has 1 atom stereocenters. The second-order valence-electron chi connectivity index (χ2n) is 9.32. The Bertz CT molecular complexity index is 1670.